The molecule has 25 heavy (non-hydrogen) atoms. The lowest BCUT2D eigenvalue weighted by Crippen LogP contribution is -2.19. The molecule has 2 aromatic heterocycles. The van der Waals surface area contributed by atoms with Crippen molar-refractivity contribution in [2.24, 2.45) is 5.92 Å². The van der Waals surface area contributed by atoms with E-state index in [9.17, 15) is 4.79 Å². The summed E-state index contributed by atoms with van der Waals surface area (Å²) < 4.78 is 7.27. The first-order valence-electron chi connectivity index (χ1n) is 8.14. The Balaban J connectivity index is 1.96. The number of aryl methyl sites for hydroxylation is 1. The van der Waals surface area contributed by atoms with Crippen LogP contribution in [0.3, 0.4) is 0 Å². The Morgan fingerprint density at radius 3 is 2.76 bits per heavy atom. The molecular weight excluding hydrogens is 358 g/mol. The van der Waals surface area contributed by atoms with Crippen LogP contribution in [0.2, 0.25) is 5.02 Å². The van der Waals surface area contributed by atoms with Gasteiger partial charge >= 0.3 is 5.97 Å². The number of fused-ring (bicyclic) bond motifs is 3. The average Bonchev–Trinajstić information content (AvgIpc) is 2.95. The number of ether oxygens (including phenoxy) is 1. The van der Waals surface area contributed by atoms with Gasteiger partial charge in [0, 0.05) is 10.4 Å². The van der Waals surface area contributed by atoms with E-state index in [2.05, 4.69) is 10.2 Å². The van der Waals surface area contributed by atoms with Crippen molar-refractivity contribution in [1.82, 2.24) is 14.6 Å². The second-order valence-electron chi connectivity index (χ2n) is 6.45. The number of benzene rings is 1. The number of nitrogens with zero attached hydrogens (tertiary/aromatic N) is 3. The highest BCUT2D eigenvalue weighted by Crippen LogP contribution is 2.29. The van der Waals surface area contributed by atoms with Gasteiger partial charge in [-0.3, -0.25) is 9.20 Å². The van der Waals surface area contributed by atoms with E-state index < -0.39 is 0 Å². The molecule has 0 bridgehead atoms. The molecule has 2 heterocycles. The van der Waals surface area contributed by atoms with E-state index in [-0.39, 0.29) is 11.2 Å². The number of carbonyl (C=O) groups is 1. The zero-order chi connectivity index (χ0) is 18.1. The van der Waals surface area contributed by atoms with E-state index in [1.807, 2.05) is 56.4 Å². The normalized spacial score (nSPS) is 12.9. The fourth-order valence-corrected chi connectivity index (χ4v) is 3.58. The van der Waals surface area contributed by atoms with E-state index in [0.29, 0.717) is 22.7 Å². The average molecular weight is 378 g/mol. The van der Waals surface area contributed by atoms with Crippen LogP contribution in [0.25, 0.3) is 16.6 Å². The predicted octanol–water partition coefficient (Wildman–Crippen LogP) is 4.52. The quantitative estimate of drug-likeness (QED) is 0.483. The van der Waals surface area contributed by atoms with E-state index in [1.54, 1.807) is 0 Å². The molecule has 0 spiro atoms. The molecule has 0 aliphatic heterocycles. The van der Waals surface area contributed by atoms with Crippen LogP contribution in [0.5, 0.6) is 0 Å². The number of aromatic nitrogens is 3. The third-order valence-corrected chi connectivity index (χ3v) is 5.06. The molecule has 1 atom stereocenters. The number of thioether (sulfide) groups is 1. The van der Waals surface area contributed by atoms with Gasteiger partial charge in [-0.1, -0.05) is 37.2 Å². The molecule has 132 valence electrons. The highest BCUT2D eigenvalue weighted by molar-refractivity contribution is 8.00. The molecule has 1 unspecified atom stereocenters. The summed E-state index contributed by atoms with van der Waals surface area (Å²) in [5.74, 6) is 0.0710. The van der Waals surface area contributed by atoms with Gasteiger partial charge in [0.2, 0.25) is 0 Å². The van der Waals surface area contributed by atoms with Crippen molar-refractivity contribution in [1.29, 1.82) is 0 Å². The summed E-state index contributed by atoms with van der Waals surface area (Å²) in [4.78, 5) is 12.2. The predicted molar refractivity (Wildman–Crippen MR) is 101 cm³/mol. The molecule has 3 rings (SSSR count). The van der Waals surface area contributed by atoms with Gasteiger partial charge < -0.3 is 4.74 Å². The van der Waals surface area contributed by atoms with E-state index in [4.69, 9.17) is 16.3 Å². The Hall–Kier alpha value is -1.79. The molecule has 0 radical (unpaired) electrons. The van der Waals surface area contributed by atoms with Crippen LogP contribution < -0.4 is 0 Å². The molecule has 0 saturated carbocycles. The monoisotopic (exact) mass is 377 g/mol. The van der Waals surface area contributed by atoms with Crippen LogP contribution in [0, 0.1) is 12.8 Å². The van der Waals surface area contributed by atoms with Crippen molar-refractivity contribution in [3.8, 4) is 0 Å². The van der Waals surface area contributed by atoms with Gasteiger partial charge in [-0.05, 0) is 49.6 Å². The molecule has 1 aromatic carbocycles. The second-order valence-corrected chi connectivity index (χ2v) is 8.19. The topological polar surface area (TPSA) is 56.5 Å². The van der Waals surface area contributed by atoms with E-state index in [1.165, 1.54) is 11.8 Å². The molecule has 0 saturated heterocycles. The summed E-state index contributed by atoms with van der Waals surface area (Å²) >= 11 is 7.48. The lowest BCUT2D eigenvalue weighted by atomic mass is 10.1. The highest BCUT2D eigenvalue weighted by atomic mass is 35.5. The number of halogens is 1. The van der Waals surface area contributed by atoms with Gasteiger partial charge in [-0.15, -0.1) is 10.2 Å². The second kappa shape index (κ2) is 7.22. The maximum absolute atomic E-state index is 12.2. The summed E-state index contributed by atoms with van der Waals surface area (Å²) in [6.07, 6.45) is 0. The van der Waals surface area contributed by atoms with E-state index >= 15 is 0 Å². The summed E-state index contributed by atoms with van der Waals surface area (Å²) in [5, 5.41) is 10.5. The number of hydrogen-bond acceptors (Lipinski definition) is 5. The van der Waals surface area contributed by atoms with Crippen molar-refractivity contribution in [2.75, 3.05) is 6.61 Å². The van der Waals surface area contributed by atoms with Crippen LogP contribution in [0.1, 0.15) is 26.3 Å². The smallest absolute Gasteiger partial charge is 0.319 e. The lowest BCUT2D eigenvalue weighted by Gasteiger charge is -2.12. The summed E-state index contributed by atoms with van der Waals surface area (Å²) in [7, 11) is 0. The van der Waals surface area contributed by atoms with Crippen molar-refractivity contribution >= 4 is 45.9 Å². The minimum atomic E-state index is -0.366. The van der Waals surface area contributed by atoms with E-state index in [0.717, 1.165) is 22.1 Å². The highest BCUT2D eigenvalue weighted by Gasteiger charge is 2.21. The SMILES string of the molecule is Cc1cc2nnc(SC(C)C(=O)OCC(C)C)n2c2ccc(Cl)cc12. The third-order valence-electron chi connectivity index (χ3n) is 3.80. The Morgan fingerprint density at radius 1 is 1.28 bits per heavy atom. The van der Waals surface area contributed by atoms with Gasteiger partial charge in [0.05, 0.1) is 12.1 Å². The number of esters is 1. The lowest BCUT2D eigenvalue weighted by molar-refractivity contribution is -0.143. The Kier molecular flexibility index (Phi) is 5.20. The standard InChI is InChI=1S/C18H20ClN3O2S/c1-10(2)9-24-17(23)12(4)25-18-21-20-16-7-11(3)14-8-13(19)5-6-15(14)22(16)18/h5-8,10,12H,9H2,1-4H3. The van der Waals surface area contributed by atoms with Crippen LogP contribution in [0.4, 0.5) is 0 Å². The maximum Gasteiger partial charge on any atom is 0.319 e. The van der Waals surface area contributed by atoms with Crippen molar-refractivity contribution in [3.63, 3.8) is 0 Å². The molecule has 0 fully saturated rings. The zero-order valence-corrected chi connectivity index (χ0v) is 16.2. The maximum atomic E-state index is 12.2. The van der Waals surface area contributed by atoms with Crippen molar-refractivity contribution in [3.05, 3.63) is 34.9 Å². The van der Waals surface area contributed by atoms with Gasteiger partial charge in [-0.25, -0.2) is 0 Å². The fourth-order valence-electron chi connectivity index (χ4n) is 2.54. The fraction of sp³-hybridized carbons (Fsp3) is 0.389. The van der Waals surface area contributed by atoms with Crippen LogP contribution >= 0.6 is 23.4 Å². The number of rotatable bonds is 5. The van der Waals surface area contributed by atoms with Gasteiger partial charge in [-0.2, -0.15) is 0 Å². The van der Waals surface area contributed by atoms with Gasteiger partial charge in [0.15, 0.2) is 10.8 Å². The molecule has 0 aliphatic rings. The van der Waals surface area contributed by atoms with Crippen LogP contribution in [-0.2, 0) is 9.53 Å². The molecule has 0 aliphatic carbocycles. The molecular formula is C18H20ClN3O2S. The number of hydrogen-bond donors (Lipinski definition) is 0. The number of carbonyl (C=O) groups excluding carboxylic acids is 1. The summed E-state index contributed by atoms with van der Waals surface area (Å²) in [6, 6.07) is 7.70. The first kappa shape index (κ1) is 18.0. The Labute approximate surface area is 155 Å². The van der Waals surface area contributed by atoms with Crippen LogP contribution in [-0.4, -0.2) is 32.4 Å². The van der Waals surface area contributed by atoms with Crippen molar-refractivity contribution in [2.45, 2.75) is 38.1 Å². The largest absolute Gasteiger partial charge is 0.465 e. The number of pyridine rings is 1. The Bertz CT molecular complexity index is 939. The summed E-state index contributed by atoms with van der Waals surface area (Å²) in [5.41, 5.74) is 2.80. The van der Waals surface area contributed by atoms with Gasteiger partial charge in [0.1, 0.15) is 5.25 Å². The van der Waals surface area contributed by atoms with Gasteiger partial charge in [0.25, 0.3) is 0 Å². The third kappa shape index (κ3) is 3.75. The zero-order valence-electron chi connectivity index (χ0n) is 14.6. The summed E-state index contributed by atoms with van der Waals surface area (Å²) in [6.45, 7) is 8.28. The minimum absolute atomic E-state index is 0.241. The molecule has 7 heteroatoms. The Morgan fingerprint density at radius 2 is 2.04 bits per heavy atom. The van der Waals surface area contributed by atoms with Crippen molar-refractivity contribution < 1.29 is 9.53 Å². The molecule has 3 aromatic rings. The molecule has 0 amide bonds. The first-order chi connectivity index (χ1) is 11.9. The molecule has 5 nitrogen and oxygen atoms in total. The minimum Gasteiger partial charge on any atom is -0.465 e. The first-order valence-corrected chi connectivity index (χ1v) is 9.40. The molecule has 0 N–H and O–H groups in total. The van der Waals surface area contributed by atoms with Crippen LogP contribution in [0.15, 0.2) is 29.4 Å².